The van der Waals surface area contributed by atoms with Crippen LogP contribution in [0.4, 0.5) is 0 Å². The third kappa shape index (κ3) is 4.81. The molecule has 0 radical (unpaired) electrons. The third-order valence-electron chi connectivity index (χ3n) is 4.73. The summed E-state index contributed by atoms with van der Waals surface area (Å²) < 4.78 is 2.13. The maximum atomic E-state index is 4.70. The molecule has 0 saturated heterocycles. The van der Waals surface area contributed by atoms with Crippen LogP contribution in [0.2, 0.25) is 0 Å². The zero-order chi connectivity index (χ0) is 17.6. The lowest BCUT2D eigenvalue weighted by molar-refractivity contribution is 0.462. The molecule has 2 aromatic rings. The first-order chi connectivity index (χ1) is 12.2. The first-order valence-electron chi connectivity index (χ1n) is 9.07. The van der Waals surface area contributed by atoms with Crippen LogP contribution in [0.3, 0.4) is 0 Å². The number of hydrogen-bond acceptors (Lipinski definition) is 4. The van der Waals surface area contributed by atoms with E-state index in [0.717, 1.165) is 30.3 Å². The van der Waals surface area contributed by atoms with Gasteiger partial charge in [-0.15, -0.1) is 11.3 Å². The second-order valence-electron chi connectivity index (χ2n) is 6.58. The highest BCUT2D eigenvalue weighted by atomic mass is 32.1. The Bertz CT molecular complexity index is 691. The Morgan fingerprint density at radius 3 is 2.80 bits per heavy atom. The lowest BCUT2D eigenvalue weighted by atomic mass is 10.3. The van der Waals surface area contributed by atoms with Crippen LogP contribution >= 0.6 is 11.3 Å². The lowest BCUT2D eigenvalue weighted by Gasteiger charge is -2.11. The summed E-state index contributed by atoms with van der Waals surface area (Å²) in [4.78, 5) is 10.2. The molecule has 6 nitrogen and oxygen atoms in total. The van der Waals surface area contributed by atoms with Crippen molar-refractivity contribution in [2.24, 2.45) is 4.99 Å². The molecule has 1 fully saturated rings. The average molecular weight is 361 g/mol. The second-order valence-corrected chi connectivity index (χ2v) is 7.86. The van der Waals surface area contributed by atoms with Crippen molar-refractivity contribution in [3.8, 4) is 0 Å². The number of thiazole rings is 1. The molecule has 2 heterocycles. The van der Waals surface area contributed by atoms with Gasteiger partial charge in [0.15, 0.2) is 5.96 Å². The van der Waals surface area contributed by atoms with Crippen LogP contribution in [0.1, 0.15) is 53.0 Å². The van der Waals surface area contributed by atoms with Gasteiger partial charge in [0, 0.05) is 31.1 Å². The van der Waals surface area contributed by atoms with Crippen LogP contribution in [0.15, 0.2) is 17.3 Å². The molecule has 2 aromatic heterocycles. The molecule has 7 heteroatoms. The Balaban J connectivity index is 1.43. The van der Waals surface area contributed by atoms with Crippen LogP contribution in [-0.2, 0) is 13.0 Å². The van der Waals surface area contributed by atoms with Gasteiger partial charge in [-0.1, -0.05) is 12.8 Å². The highest BCUT2D eigenvalue weighted by molar-refractivity contribution is 7.11. The first-order valence-corrected chi connectivity index (χ1v) is 9.89. The Labute approximate surface area is 153 Å². The molecular formula is C18H28N6S. The minimum Gasteiger partial charge on any atom is -0.356 e. The smallest absolute Gasteiger partial charge is 0.191 e. The van der Waals surface area contributed by atoms with Crippen LogP contribution < -0.4 is 10.6 Å². The number of nitrogens with one attached hydrogen (secondary N) is 2. The van der Waals surface area contributed by atoms with E-state index in [1.807, 2.05) is 0 Å². The van der Waals surface area contributed by atoms with Gasteiger partial charge >= 0.3 is 0 Å². The quantitative estimate of drug-likeness (QED) is 0.614. The summed E-state index contributed by atoms with van der Waals surface area (Å²) in [5, 5.41) is 12.6. The van der Waals surface area contributed by atoms with Crippen LogP contribution in [0.25, 0.3) is 0 Å². The van der Waals surface area contributed by atoms with Gasteiger partial charge < -0.3 is 10.6 Å². The largest absolute Gasteiger partial charge is 0.356 e. The van der Waals surface area contributed by atoms with E-state index in [1.54, 1.807) is 18.4 Å². The molecule has 1 saturated carbocycles. The summed E-state index contributed by atoms with van der Waals surface area (Å²) in [5.41, 5.74) is 2.20. The predicted octanol–water partition coefficient (Wildman–Crippen LogP) is 2.98. The average Bonchev–Trinajstić information content (AvgIpc) is 3.33. The molecule has 25 heavy (non-hydrogen) atoms. The molecule has 0 unspecified atom stereocenters. The monoisotopic (exact) mass is 360 g/mol. The number of nitrogens with zero attached hydrogens (tertiary/aromatic N) is 4. The number of aliphatic imine (C=N–C) groups is 1. The molecule has 1 aliphatic carbocycles. The first kappa shape index (κ1) is 17.9. The zero-order valence-electron chi connectivity index (χ0n) is 15.4. The normalized spacial score (nSPS) is 15.7. The number of hydrogen-bond donors (Lipinski definition) is 2. The summed E-state index contributed by atoms with van der Waals surface area (Å²) >= 11 is 1.77. The predicted molar refractivity (Wildman–Crippen MR) is 103 cm³/mol. The fraction of sp³-hybridized carbons (Fsp3) is 0.611. The molecule has 0 bridgehead atoms. The number of guanidine groups is 1. The van der Waals surface area contributed by atoms with E-state index < -0.39 is 0 Å². The Hall–Kier alpha value is -1.89. The van der Waals surface area contributed by atoms with Crippen molar-refractivity contribution in [2.45, 2.75) is 58.5 Å². The SMILES string of the molecule is CN=C(NCCc1nc(C)c(C)s1)NCc1ccn(C2CCCC2)n1. The topological polar surface area (TPSA) is 67.1 Å². The van der Waals surface area contributed by atoms with E-state index in [0.29, 0.717) is 12.6 Å². The minimum atomic E-state index is 0.594. The fourth-order valence-electron chi connectivity index (χ4n) is 3.17. The maximum absolute atomic E-state index is 4.70. The molecule has 2 N–H and O–H groups in total. The summed E-state index contributed by atoms with van der Waals surface area (Å²) in [6, 6.07) is 2.69. The van der Waals surface area contributed by atoms with E-state index in [2.05, 4.69) is 51.4 Å². The van der Waals surface area contributed by atoms with Gasteiger partial charge in [0.25, 0.3) is 0 Å². The Morgan fingerprint density at radius 2 is 2.12 bits per heavy atom. The van der Waals surface area contributed by atoms with E-state index in [9.17, 15) is 0 Å². The van der Waals surface area contributed by atoms with Gasteiger partial charge in [-0.2, -0.15) is 5.10 Å². The van der Waals surface area contributed by atoms with Gasteiger partial charge in [-0.25, -0.2) is 4.98 Å². The number of rotatable bonds is 6. The van der Waals surface area contributed by atoms with Crippen LogP contribution in [0.5, 0.6) is 0 Å². The zero-order valence-corrected chi connectivity index (χ0v) is 16.2. The van der Waals surface area contributed by atoms with Crippen molar-refractivity contribution in [2.75, 3.05) is 13.6 Å². The van der Waals surface area contributed by atoms with Crippen molar-refractivity contribution in [1.82, 2.24) is 25.4 Å². The van der Waals surface area contributed by atoms with Crippen molar-refractivity contribution in [3.05, 3.63) is 33.5 Å². The lowest BCUT2D eigenvalue weighted by Crippen LogP contribution is -2.38. The Morgan fingerprint density at radius 1 is 1.32 bits per heavy atom. The summed E-state index contributed by atoms with van der Waals surface area (Å²) in [5.74, 6) is 0.806. The summed E-state index contributed by atoms with van der Waals surface area (Å²) in [6.45, 7) is 5.69. The molecule has 0 amide bonds. The van der Waals surface area contributed by atoms with Crippen molar-refractivity contribution < 1.29 is 0 Å². The van der Waals surface area contributed by atoms with Gasteiger partial charge in [-0.3, -0.25) is 9.67 Å². The minimum absolute atomic E-state index is 0.594. The maximum Gasteiger partial charge on any atom is 0.191 e. The van der Waals surface area contributed by atoms with Crippen LogP contribution in [0, 0.1) is 13.8 Å². The van der Waals surface area contributed by atoms with Gasteiger partial charge in [0.2, 0.25) is 0 Å². The molecule has 136 valence electrons. The fourth-order valence-corrected chi connectivity index (χ4v) is 4.11. The molecule has 3 rings (SSSR count). The summed E-state index contributed by atoms with van der Waals surface area (Å²) in [6.07, 6.45) is 8.19. The van der Waals surface area contributed by atoms with Crippen molar-refractivity contribution in [3.63, 3.8) is 0 Å². The molecule has 0 aliphatic heterocycles. The van der Waals surface area contributed by atoms with E-state index in [4.69, 9.17) is 5.10 Å². The molecule has 0 aromatic carbocycles. The van der Waals surface area contributed by atoms with Gasteiger partial charge in [0.1, 0.15) is 0 Å². The van der Waals surface area contributed by atoms with Crippen molar-refractivity contribution >= 4 is 17.3 Å². The van der Waals surface area contributed by atoms with E-state index >= 15 is 0 Å². The van der Waals surface area contributed by atoms with Crippen LogP contribution in [-0.4, -0.2) is 34.3 Å². The summed E-state index contributed by atoms with van der Waals surface area (Å²) in [7, 11) is 1.80. The molecule has 1 aliphatic rings. The Kier molecular flexibility index (Phi) is 6.07. The number of aryl methyl sites for hydroxylation is 2. The molecule has 0 atom stereocenters. The highest BCUT2D eigenvalue weighted by Gasteiger charge is 2.17. The van der Waals surface area contributed by atoms with Crippen molar-refractivity contribution in [1.29, 1.82) is 0 Å². The van der Waals surface area contributed by atoms with Gasteiger partial charge in [0.05, 0.1) is 29.0 Å². The molecule has 0 spiro atoms. The van der Waals surface area contributed by atoms with E-state index in [-0.39, 0.29) is 0 Å². The highest BCUT2D eigenvalue weighted by Crippen LogP contribution is 2.28. The number of aromatic nitrogens is 3. The standard InChI is InChI=1S/C18H28N6S/c1-13-14(2)25-17(22-13)8-10-20-18(19-3)21-12-15-9-11-24(23-15)16-6-4-5-7-16/h9,11,16H,4-8,10,12H2,1-3H3,(H2,19,20,21). The second kappa shape index (κ2) is 8.47. The molecular weight excluding hydrogens is 332 g/mol. The third-order valence-corrected chi connectivity index (χ3v) is 5.86. The van der Waals surface area contributed by atoms with Gasteiger partial charge in [-0.05, 0) is 32.8 Å². The van der Waals surface area contributed by atoms with E-state index in [1.165, 1.54) is 35.6 Å².